The molecule has 122 valence electrons. The van der Waals surface area contributed by atoms with Gasteiger partial charge in [0.25, 0.3) is 5.91 Å². The van der Waals surface area contributed by atoms with Gasteiger partial charge in [-0.1, -0.05) is 0 Å². The number of amides is 1. The summed E-state index contributed by atoms with van der Waals surface area (Å²) in [5.74, 6) is 0.688. The van der Waals surface area contributed by atoms with Gasteiger partial charge in [-0.05, 0) is 64.9 Å². The van der Waals surface area contributed by atoms with Crippen molar-refractivity contribution in [1.29, 1.82) is 0 Å². The molecule has 0 bridgehead atoms. The molecule has 0 aromatic carbocycles. The number of halogens is 1. The Labute approximate surface area is 148 Å². The second kappa shape index (κ2) is 7.55. The van der Waals surface area contributed by atoms with Gasteiger partial charge in [-0.3, -0.25) is 9.78 Å². The van der Waals surface area contributed by atoms with Crippen LogP contribution in [0.1, 0.15) is 51.2 Å². The van der Waals surface area contributed by atoms with E-state index in [9.17, 15) is 9.90 Å². The van der Waals surface area contributed by atoms with Gasteiger partial charge in [0.1, 0.15) is 0 Å². The second-order valence-electron chi connectivity index (χ2n) is 5.80. The van der Waals surface area contributed by atoms with Crippen molar-refractivity contribution in [3.05, 3.63) is 50.4 Å². The van der Waals surface area contributed by atoms with Crippen molar-refractivity contribution in [3.8, 4) is 0 Å². The van der Waals surface area contributed by atoms with Crippen molar-refractivity contribution < 1.29 is 9.90 Å². The lowest BCUT2D eigenvalue weighted by Gasteiger charge is -2.16. The Morgan fingerprint density at radius 3 is 2.83 bits per heavy atom. The summed E-state index contributed by atoms with van der Waals surface area (Å²) in [6, 6.07) is 5.78. The van der Waals surface area contributed by atoms with Crippen LogP contribution in [0.3, 0.4) is 0 Å². The largest absolute Gasteiger partial charge is 0.396 e. The Balaban J connectivity index is 1.63. The first-order valence-corrected chi connectivity index (χ1v) is 9.38. The molecule has 1 atom stereocenters. The molecule has 2 N–H and O–H groups in total. The highest BCUT2D eigenvalue weighted by molar-refractivity contribution is 9.10. The van der Waals surface area contributed by atoms with E-state index in [0.717, 1.165) is 14.9 Å². The lowest BCUT2D eigenvalue weighted by atomic mass is 9.97. The molecule has 4 nitrogen and oxygen atoms in total. The summed E-state index contributed by atoms with van der Waals surface area (Å²) in [5, 5.41) is 12.3. The van der Waals surface area contributed by atoms with E-state index in [-0.39, 0.29) is 18.4 Å². The van der Waals surface area contributed by atoms with Crippen molar-refractivity contribution in [2.45, 2.75) is 31.1 Å². The van der Waals surface area contributed by atoms with Crippen LogP contribution in [0.15, 0.2) is 35.1 Å². The number of nitrogens with zero attached hydrogens (tertiary/aromatic N) is 1. The Bertz CT molecular complexity index is 670. The van der Waals surface area contributed by atoms with E-state index in [1.165, 1.54) is 17.7 Å². The van der Waals surface area contributed by atoms with E-state index in [4.69, 9.17) is 0 Å². The smallest absolute Gasteiger partial charge is 0.261 e. The van der Waals surface area contributed by atoms with E-state index in [0.29, 0.717) is 18.9 Å². The lowest BCUT2D eigenvalue weighted by molar-refractivity contribution is 0.0953. The number of carbonyl (C=O) groups excluding carboxylic acids is 1. The molecule has 1 fully saturated rings. The van der Waals surface area contributed by atoms with Crippen molar-refractivity contribution in [1.82, 2.24) is 10.3 Å². The van der Waals surface area contributed by atoms with Crippen LogP contribution in [0, 0.1) is 0 Å². The quantitative estimate of drug-likeness (QED) is 0.752. The molecule has 0 aliphatic heterocycles. The number of hydrogen-bond acceptors (Lipinski definition) is 4. The van der Waals surface area contributed by atoms with Gasteiger partial charge in [-0.25, -0.2) is 0 Å². The number of aliphatic hydroxyl groups excluding tert-OH is 1. The van der Waals surface area contributed by atoms with Gasteiger partial charge in [0.15, 0.2) is 0 Å². The van der Waals surface area contributed by atoms with Crippen LogP contribution < -0.4 is 5.32 Å². The number of aromatic nitrogens is 1. The highest BCUT2D eigenvalue weighted by atomic mass is 79.9. The van der Waals surface area contributed by atoms with Crippen LogP contribution in [0.5, 0.6) is 0 Å². The van der Waals surface area contributed by atoms with Crippen molar-refractivity contribution >= 4 is 33.2 Å². The molecular formula is C17H19BrN2O2S. The monoisotopic (exact) mass is 394 g/mol. The number of rotatable bonds is 7. The van der Waals surface area contributed by atoms with E-state index in [1.807, 2.05) is 18.2 Å². The molecule has 3 rings (SSSR count). The topological polar surface area (TPSA) is 62.2 Å². The number of aliphatic hydroxyl groups is 1. The van der Waals surface area contributed by atoms with Gasteiger partial charge in [0, 0.05) is 40.8 Å². The molecule has 23 heavy (non-hydrogen) atoms. The highest BCUT2D eigenvalue weighted by Gasteiger charge is 2.28. The molecule has 1 saturated carbocycles. The van der Waals surface area contributed by atoms with Gasteiger partial charge in [-0.2, -0.15) is 0 Å². The van der Waals surface area contributed by atoms with Gasteiger partial charge in [0.05, 0.1) is 4.88 Å². The average Bonchev–Trinajstić information content (AvgIpc) is 3.34. The second-order valence-corrected chi connectivity index (χ2v) is 7.74. The first kappa shape index (κ1) is 16.6. The third-order valence-corrected chi connectivity index (χ3v) is 6.26. The summed E-state index contributed by atoms with van der Waals surface area (Å²) in [7, 11) is 0. The minimum atomic E-state index is -0.0420. The number of carbonyl (C=O) groups is 1. The Morgan fingerprint density at radius 1 is 1.43 bits per heavy atom. The maximum Gasteiger partial charge on any atom is 0.261 e. The van der Waals surface area contributed by atoms with Crippen LogP contribution >= 0.6 is 27.3 Å². The zero-order valence-corrected chi connectivity index (χ0v) is 15.1. The van der Waals surface area contributed by atoms with Gasteiger partial charge in [-0.15, -0.1) is 11.3 Å². The molecular weight excluding hydrogens is 376 g/mol. The molecule has 6 heteroatoms. The van der Waals surface area contributed by atoms with E-state index < -0.39 is 0 Å². The zero-order valence-electron chi connectivity index (χ0n) is 12.7. The first-order valence-electron chi connectivity index (χ1n) is 7.77. The molecule has 1 amide bonds. The van der Waals surface area contributed by atoms with Crippen LogP contribution in [0.4, 0.5) is 0 Å². The van der Waals surface area contributed by atoms with Gasteiger partial charge < -0.3 is 10.4 Å². The Hall–Kier alpha value is -1.24. The number of hydrogen-bond donors (Lipinski definition) is 2. The van der Waals surface area contributed by atoms with E-state index in [1.54, 1.807) is 23.7 Å². The standard InChI is InChI=1S/C17H19BrN2O2S/c18-14-9-15(23-16(14)12-1-2-12)17(22)20-10-13(5-8-21)11-3-6-19-7-4-11/h3-4,6-7,9,12-13,21H,1-2,5,8,10H2,(H,20,22). The molecule has 0 spiro atoms. The maximum atomic E-state index is 12.4. The average molecular weight is 395 g/mol. The Morgan fingerprint density at radius 2 is 2.17 bits per heavy atom. The molecule has 0 radical (unpaired) electrons. The summed E-state index contributed by atoms with van der Waals surface area (Å²) < 4.78 is 1.05. The minimum absolute atomic E-state index is 0.0420. The molecule has 1 aliphatic carbocycles. The predicted molar refractivity (Wildman–Crippen MR) is 95.0 cm³/mol. The summed E-state index contributed by atoms with van der Waals surface area (Å²) in [5.41, 5.74) is 1.08. The zero-order chi connectivity index (χ0) is 16.2. The van der Waals surface area contributed by atoms with Crippen molar-refractivity contribution in [2.75, 3.05) is 13.2 Å². The maximum absolute atomic E-state index is 12.4. The fraction of sp³-hybridized carbons (Fsp3) is 0.412. The number of pyridine rings is 1. The fourth-order valence-electron chi connectivity index (χ4n) is 2.60. The van der Waals surface area contributed by atoms with Crippen LogP contribution in [0.25, 0.3) is 0 Å². The SMILES string of the molecule is O=C(NCC(CCO)c1ccncc1)c1cc(Br)c(C2CC2)s1. The molecule has 2 heterocycles. The van der Waals surface area contributed by atoms with Gasteiger partial charge in [0.2, 0.25) is 0 Å². The van der Waals surface area contributed by atoms with E-state index >= 15 is 0 Å². The molecule has 1 unspecified atom stereocenters. The van der Waals surface area contributed by atoms with Gasteiger partial charge >= 0.3 is 0 Å². The van der Waals surface area contributed by atoms with Crippen LogP contribution in [-0.4, -0.2) is 29.1 Å². The minimum Gasteiger partial charge on any atom is -0.396 e. The molecule has 2 aromatic heterocycles. The third kappa shape index (κ3) is 4.19. The third-order valence-electron chi connectivity index (χ3n) is 4.05. The Kier molecular flexibility index (Phi) is 5.46. The van der Waals surface area contributed by atoms with Crippen molar-refractivity contribution in [3.63, 3.8) is 0 Å². The summed E-state index contributed by atoms with van der Waals surface area (Å²) in [6.07, 6.45) is 6.53. The first-order chi connectivity index (χ1) is 11.2. The highest BCUT2D eigenvalue weighted by Crippen LogP contribution is 2.47. The molecule has 1 aliphatic rings. The molecule has 0 saturated heterocycles. The summed E-state index contributed by atoms with van der Waals surface area (Å²) in [6.45, 7) is 0.608. The predicted octanol–water partition coefficient (Wildman–Crippen LogP) is 3.68. The molecule has 2 aromatic rings. The van der Waals surface area contributed by atoms with Crippen LogP contribution in [-0.2, 0) is 0 Å². The summed E-state index contributed by atoms with van der Waals surface area (Å²) >= 11 is 5.14. The number of nitrogens with one attached hydrogen (secondary N) is 1. The normalized spacial score (nSPS) is 15.4. The lowest BCUT2D eigenvalue weighted by Crippen LogP contribution is -2.28. The van der Waals surface area contributed by atoms with Crippen LogP contribution in [0.2, 0.25) is 0 Å². The van der Waals surface area contributed by atoms with Crippen molar-refractivity contribution in [2.24, 2.45) is 0 Å². The van der Waals surface area contributed by atoms with E-state index in [2.05, 4.69) is 26.2 Å². The summed E-state index contributed by atoms with van der Waals surface area (Å²) in [4.78, 5) is 18.4. The fourth-order valence-corrected chi connectivity index (χ4v) is 4.68. The number of thiophene rings is 1.